The number of halogens is 1. The normalized spacial score (nSPS) is 12.1. The maximum Gasteiger partial charge on any atom is 0.238 e. The van der Waals surface area contributed by atoms with Gasteiger partial charge in [0.05, 0.1) is 13.7 Å². The SMILES string of the molecule is CCc1ccc(Cl)c(CC)c1NC(=O)CN(C)C(C)c1ccccc1OC. The maximum absolute atomic E-state index is 12.7. The van der Waals surface area contributed by atoms with Crippen LogP contribution in [0.15, 0.2) is 36.4 Å². The summed E-state index contributed by atoms with van der Waals surface area (Å²) in [6.07, 6.45) is 1.61. The second-order valence-corrected chi connectivity index (χ2v) is 7.06. The van der Waals surface area contributed by atoms with Crippen molar-refractivity contribution in [3.05, 3.63) is 58.1 Å². The number of nitrogens with one attached hydrogen (secondary N) is 1. The van der Waals surface area contributed by atoms with Gasteiger partial charge in [-0.3, -0.25) is 9.69 Å². The molecule has 1 unspecified atom stereocenters. The van der Waals surface area contributed by atoms with E-state index in [-0.39, 0.29) is 18.5 Å². The number of para-hydroxylation sites is 1. The van der Waals surface area contributed by atoms with E-state index in [4.69, 9.17) is 16.3 Å². The molecular weight excluding hydrogens is 360 g/mol. The fraction of sp³-hybridized carbons (Fsp3) is 0.409. The summed E-state index contributed by atoms with van der Waals surface area (Å²) in [5.41, 5.74) is 4.01. The van der Waals surface area contributed by atoms with Crippen molar-refractivity contribution < 1.29 is 9.53 Å². The summed E-state index contributed by atoms with van der Waals surface area (Å²) >= 11 is 6.34. The Kier molecular flexibility index (Phi) is 7.69. The van der Waals surface area contributed by atoms with E-state index in [9.17, 15) is 4.79 Å². The van der Waals surface area contributed by atoms with Crippen molar-refractivity contribution in [2.75, 3.05) is 26.0 Å². The van der Waals surface area contributed by atoms with Crippen molar-refractivity contribution in [2.45, 2.75) is 39.7 Å². The number of benzene rings is 2. The number of rotatable bonds is 8. The number of carbonyl (C=O) groups excluding carboxylic acids is 1. The molecule has 2 aromatic rings. The molecule has 1 atom stereocenters. The molecule has 0 saturated heterocycles. The summed E-state index contributed by atoms with van der Waals surface area (Å²) in [6.45, 7) is 6.47. The summed E-state index contributed by atoms with van der Waals surface area (Å²) in [7, 11) is 3.60. The molecule has 2 rings (SSSR count). The lowest BCUT2D eigenvalue weighted by Crippen LogP contribution is -2.32. The summed E-state index contributed by atoms with van der Waals surface area (Å²) in [5, 5.41) is 3.79. The van der Waals surface area contributed by atoms with E-state index in [2.05, 4.69) is 19.2 Å². The molecule has 1 N–H and O–H groups in total. The molecule has 1 amide bonds. The van der Waals surface area contributed by atoms with E-state index in [1.165, 1.54) is 0 Å². The van der Waals surface area contributed by atoms with Crippen LogP contribution >= 0.6 is 11.6 Å². The fourth-order valence-corrected chi connectivity index (χ4v) is 3.55. The number of aryl methyl sites for hydroxylation is 1. The van der Waals surface area contributed by atoms with Crippen molar-refractivity contribution in [3.63, 3.8) is 0 Å². The van der Waals surface area contributed by atoms with Gasteiger partial charge in [-0.1, -0.05) is 49.7 Å². The number of nitrogens with zero attached hydrogens (tertiary/aromatic N) is 1. The highest BCUT2D eigenvalue weighted by molar-refractivity contribution is 6.32. The number of anilines is 1. The number of carbonyl (C=O) groups is 1. The average molecular weight is 389 g/mol. The number of likely N-dealkylation sites (N-methyl/N-ethyl adjacent to an activating group) is 1. The molecule has 0 saturated carbocycles. The van der Waals surface area contributed by atoms with Crippen LogP contribution < -0.4 is 10.1 Å². The molecule has 146 valence electrons. The van der Waals surface area contributed by atoms with Crippen LogP contribution in [0, 0.1) is 0 Å². The van der Waals surface area contributed by atoms with Crippen LogP contribution in [0.3, 0.4) is 0 Å². The van der Waals surface area contributed by atoms with Crippen LogP contribution in [0.4, 0.5) is 5.69 Å². The van der Waals surface area contributed by atoms with Crippen molar-refractivity contribution in [1.82, 2.24) is 4.90 Å². The lowest BCUT2D eigenvalue weighted by atomic mass is 10.0. The molecule has 0 fully saturated rings. The molecule has 0 aromatic heterocycles. The minimum absolute atomic E-state index is 0.0440. The molecule has 5 heteroatoms. The van der Waals surface area contributed by atoms with Gasteiger partial charge in [-0.25, -0.2) is 0 Å². The highest BCUT2D eigenvalue weighted by Gasteiger charge is 2.19. The van der Waals surface area contributed by atoms with Crippen molar-refractivity contribution in [1.29, 1.82) is 0 Å². The quantitative estimate of drug-likeness (QED) is 0.683. The lowest BCUT2D eigenvalue weighted by Gasteiger charge is -2.26. The van der Waals surface area contributed by atoms with Crippen LogP contribution in [0.1, 0.15) is 43.5 Å². The zero-order valence-corrected chi connectivity index (χ0v) is 17.6. The second-order valence-electron chi connectivity index (χ2n) is 6.65. The smallest absolute Gasteiger partial charge is 0.238 e. The number of amides is 1. The molecule has 2 aromatic carbocycles. The predicted molar refractivity (Wildman–Crippen MR) is 113 cm³/mol. The predicted octanol–water partition coefficient (Wildman–Crippen LogP) is 5.10. The first-order valence-electron chi connectivity index (χ1n) is 9.36. The van der Waals surface area contributed by atoms with E-state index < -0.39 is 0 Å². The van der Waals surface area contributed by atoms with Gasteiger partial charge in [0.15, 0.2) is 0 Å². The van der Waals surface area contributed by atoms with Gasteiger partial charge in [0, 0.05) is 22.3 Å². The summed E-state index contributed by atoms with van der Waals surface area (Å²) in [4.78, 5) is 14.7. The third kappa shape index (κ3) is 5.02. The van der Waals surface area contributed by atoms with Crippen LogP contribution in [-0.2, 0) is 17.6 Å². The van der Waals surface area contributed by atoms with Gasteiger partial charge in [0.1, 0.15) is 5.75 Å². The Bertz CT molecular complexity index is 792. The van der Waals surface area contributed by atoms with Crippen LogP contribution in [-0.4, -0.2) is 31.5 Å². The molecular formula is C22H29ClN2O2. The van der Waals surface area contributed by atoms with Gasteiger partial charge in [-0.05, 0) is 50.1 Å². The van der Waals surface area contributed by atoms with Crippen LogP contribution in [0.5, 0.6) is 5.75 Å². The van der Waals surface area contributed by atoms with Gasteiger partial charge in [-0.15, -0.1) is 0 Å². The van der Waals surface area contributed by atoms with E-state index in [1.54, 1.807) is 7.11 Å². The number of methoxy groups -OCH3 is 1. The van der Waals surface area contributed by atoms with Crippen molar-refractivity contribution in [3.8, 4) is 5.75 Å². The Morgan fingerprint density at radius 1 is 1.19 bits per heavy atom. The van der Waals surface area contributed by atoms with Crippen molar-refractivity contribution >= 4 is 23.2 Å². The zero-order valence-electron chi connectivity index (χ0n) is 16.8. The highest BCUT2D eigenvalue weighted by Crippen LogP contribution is 2.30. The largest absolute Gasteiger partial charge is 0.496 e. The van der Waals surface area contributed by atoms with Crippen LogP contribution in [0.2, 0.25) is 5.02 Å². The number of hydrogen-bond acceptors (Lipinski definition) is 3. The molecule has 0 aliphatic rings. The molecule has 0 spiro atoms. The first-order valence-corrected chi connectivity index (χ1v) is 9.73. The minimum Gasteiger partial charge on any atom is -0.496 e. The maximum atomic E-state index is 12.7. The molecule has 4 nitrogen and oxygen atoms in total. The monoisotopic (exact) mass is 388 g/mol. The highest BCUT2D eigenvalue weighted by atomic mass is 35.5. The molecule has 27 heavy (non-hydrogen) atoms. The first-order chi connectivity index (χ1) is 12.9. The van der Waals surface area contributed by atoms with E-state index in [0.29, 0.717) is 5.02 Å². The van der Waals surface area contributed by atoms with E-state index >= 15 is 0 Å². The molecule has 0 radical (unpaired) electrons. The molecule has 0 aliphatic carbocycles. The lowest BCUT2D eigenvalue weighted by molar-refractivity contribution is -0.117. The van der Waals surface area contributed by atoms with Gasteiger partial charge in [-0.2, -0.15) is 0 Å². The third-order valence-corrected chi connectivity index (χ3v) is 5.34. The Balaban J connectivity index is 2.15. The minimum atomic E-state index is -0.0501. The summed E-state index contributed by atoms with van der Waals surface area (Å²) in [5.74, 6) is 0.777. The Labute approximate surface area is 167 Å². The van der Waals surface area contributed by atoms with Crippen LogP contribution in [0.25, 0.3) is 0 Å². The van der Waals surface area contributed by atoms with E-state index in [1.807, 2.05) is 55.3 Å². The van der Waals surface area contributed by atoms with E-state index in [0.717, 1.165) is 41.0 Å². The van der Waals surface area contributed by atoms with Gasteiger partial charge >= 0.3 is 0 Å². The Hall–Kier alpha value is -2.04. The van der Waals surface area contributed by atoms with Gasteiger partial charge in [0.2, 0.25) is 5.91 Å². The molecule has 0 bridgehead atoms. The number of ether oxygens (including phenoxy) is 1. The average Bonchev–Trinajstić information content (AvgIpc) is 2.67. The van der Waals surface area contributed by atoms with Crippen molar-refractivity contribution in [2.24, 2.45) is 0 Å². The third-order valence-electron chi connectivity index (χ3n) is 4.98. The summed E-state index contributed by atoms with van der Waals surface area (Å²) in [6, 6.07) is 11.8. The van der Waals surface area contributed by atoms with Gasteiger partial charge < -0.3 is 10.1 Å². The molecule has 0 heterocycles. The second kappa shape index (κ2) is 9.77. The molecule has 0 aliphatic heterocycles. The standard InChI is InChI=1S/C22H29ClN2O2/c1-6-16-12-13-19(23)17(7-2)22(16)24-21(26)14-25(4)15(3)18-10-8-9-11-20(18)27-5/h8-13,15H,6-7,14H2,1-5H3,(H,24,26). The Morgan fingerprint density at radius 2 is 1.89 bits per heavy atom. The zero-order chi connectivity index (χ0) is 20.0. The topological polar surface area (TPSA) is 41.6 Å². The number of hydrogen-bond donors (Lipinski definition) is 1. The fourth-order valence-electron chi connectivity index (χ4n) is 3.26. The Morgan fingerprint density at radius 3 is 2.52 bits per heavy atom. The van der Waals surface area contributed by atoms with Gasteiger partial charge in [0.25, 0.3) is 0 Å². The first kappa shape index (κ1) is 21.3. The summed E-state index contributed by atoms with van der Waals surface area (Å²) < 4.78 is 5.45.